The molecule has 84 valence electrons. The SMILES string of the molecule is CCC(CC)NCc1cc(Br)ccc1F. The summed E-state index contributed by atoms with van der Waals surface area (Å²) >= 11 is 3.34. The van der Waals surface area contributed by atoms with Crippen LogP contribution in [0.1, 0.15) is 32.3 Å². The lowest BCUT2D eigenvalue weighted by molar-refractivity contribution is 0.475. The van der Waals surface area contributed by atoms with Gasteiger partial charge in [-0.05, 0) is 31.0 Å². The highest BCUT2D eigenvalue weighted by atomic mass is 79.9. The lowest BCUT2D eigenvalue weighted by atomic mass is 10.1. The minimum Gasteiger partial charge on any atom is -0.310 e. The van der Waals surface area contributed by atoms with Crippen LogP contribution < -0.4 is 5.32 Å². The van der Waals surface area contributed by atoms with Crippen LogP contribution in [0.2, 0.25) is 0 Å². The molecule has 0 radical (unpaired) electrons. The Kier molecular flexibility index (Phi) is 5.26. The highest BCUT2D eigenvalue weighted by molar-refractivity contribution is 9.10. The first kappa shape index (κ1) is 12.7. The summed E-state index contributed by atoms with van der Waals surface area (Å²) in [6.07, 6.45) is 2.15. The van der Waals surface area contributed by atoms with Gasteiger partial charge in [-0.2, -0.15) is 0 Å². The third-order valence-electron chi connectivity index (χ3n) is 2.57. The zero-order chi connectivity index (χ0) is 11.3. The molecule has 1 aromatic carbocycles. The first-order valence-electron chi connectivity index (χ1n) is 5.34. The molecular formula is C12H17BrFN. The van der Waals surface area contributed by atoms with E-state index < -0.39 is 0 Å². The van der Waals surface area contributed by atoms with Crippen LogP contribution in [-0.2, 0) is 6.54 Å². The fourth-order valence-electron chi connectivity index (χ4n) is 1.51. The van der Waals surface area contributed by atoms with E-state index in [0.29, 0.717) is 12.6 Å². The van der Waals surface area contributed by atoms with Crippen molar-refractivity contribution in [3.63, 3.8) is 0 Å². The van der Waals surface area contributed by atoms with Crippen molar-refractivity contribution in [2.24, 2.45) is 0 Å². The Morgan fingerprint density at radius 2 is 2.00 bits per heavy atom. The molecule has 0 aliphatic carbocycles. The molecule has 1 nitrogen and oxygen atoms in total. The average Bonchev–Trinajstić information content (AvgIpc) is 2.24. The lowest BCUT2D eigenvalue weighted by Gasteiger charge is -2.15. The number of nitrogens with one attached hydrogen (secondary N) is 1. The van der Waals surface area contributed by atoms with Crippen LogP contribution in [0.3, 0.4) is 0 Å². The summed E-state index contributed by atoms with van der Waals surface area (Å²) in [5.74, 6) is -0.142. The highest BCUT2D eigenvalue weighted by Crippen LogP contribution is 2.15. The van der Waals surface area contributed by atoms with E-state index in [1.807, 2.05) is 6.07 Å². The second-order valence-electron chi connectivity index (χ2n) is 3.63. The molecule has 15 heavy (non-hydrogen) atoms. The molecule has 0 aliphatic rings. The van der Waals surface area contributed by atoms with Crippen molar-refractivity contribution in [2.75, 3.05) is 0 Å². The first-order valence-corrected chi connectivity index (χ1v) is 6.14. The molecule has 0 aliphatic heterocycles. The maximum atomic E-state index is 13.4. The molecule has 0 unspecified atom stereocenters. The maximum absolute atomic E-state index is 13.4. The largest absolute Gasteiger partial charge is 0.310 e. The Morgan fingerprint density at radius 1 is 1.33 bits per heavy atom. The van der Waals surface area contributed by atoms with E-state index in [-0.39, 0.29) is 5.82 Å². The topological polar surface area (TPSA) is 12.0 Å². The van der Waals surface area contributed by atoms with Gasteiger partial charge in [-0.1, -0.05) is 29.8 Å². The number of hydrogen-bond donors (Lipinski definition) is 1. The Morgan fingerprint density at radius 3 is 2.60 bits per heavy atom. The fraction of sp³-hybridized carbons (Fsp3) is 0.500. The Labute approximate surface area is 99.2 Å². The van der Waals surface area contributed by atoms with Gasteiger partial charge in [0, 0.05) is 22.6 Å². The number of rotatable bonds is 5. The van der Waals surface area contributed by atoms with Gasteiger partial charge in [0.05, 0.1) is 0 Å². The van der Waals surface area contributed by atoms with Gasteiger partial charge >= 0.3 is 0 Å². The quantitative estimate of drug-likeness (QED) is 0.859. The average molecular weight is 274 g/mol. The maximum Gasteiger partial charge on any atom is 0.127 e. The van der Waals surface area contributed by atoms with Gasteiger partial charge < -0.3 is 5.32 Å². The van der Waals surface area contributed by atoms with Gasteiger partial charge in [0.1, 0.15) is 5.82 Å². The third kappa shape index (κ3) is 3.92. The van der Waals surface area contributed by atoms with Crippen molar-refractivity contribution >= 4 is 15.9 Å². The normalized spacial score (nSPS) is 11.0. The predicted molar refractivity (Wildman–Crippen MR) is 65.3 cm³/mol. The fourth-order valence-corrected chi connectivity index (χ4v) is 1.92. The molecule has 1 aromatic rings. The second-order valence-corrected chi connectivity index (χ2v) is 4.55. The van der Waals surface area contributed by atoms with Crippen molar-refractivity contribution in [1.29, 1.82) is 0 Å². The summed E-state index contributed by atoms with van der Waals surface area (Å²) in [5, 5.41) is 3.34. The van der Waals surface area contributed by atoms with Crippen LogP contribution in [-0.4, -0.2) is 6.04 Å². The zero-order valence-corrected chi connectivity index (χ0v) is 10.8. The highest BCUT2D eigenvalue weighted by Gasteiger charge is 2.06. The first-order chi connectivity index (χ1) is 7.17. The second kappa shape index (κ2) is 6.23. The van der Waals surface area contributed by atoms with E-state index in [1.54, 1.807) is 6.07 Å². The molecule has 0 fully saturated rings. The van der Waals surface area contributed by atoms with Crippen LogP contribution in [0.15, 0.2) is 22.7 Å². The molecule has 1 N–H and O–H groups in total. The molecule has 3 heteroatoms. The number of halogens is 2. The van der Waals surface area contributed by atoms with E-state index in [9.17, 15) is 4.39 Å². The third-order valence-corrected chi connectivity index (χ3v) is 3.07. The predicted octanol–water partition coefficient (Wildman–Crippen LogP) is 3.87. The van der Waals surface area contributed by atoms with Gasteiger partial charge in [-0.25, -0.2) is 4.39 Å². The van der Waals surface area contributed by atoms with Crippen LogP contribution in [0, 0.1) is 5.82 Å². The van der Waals surface area contributed by atoms with Crippen molar-refractivity contribution in [2.45, 2.75) is 39.3 Å². The molecule has 0 spiro atoms. The van der Waals surface area contributed by atoms with Gasteiger partial charge in [0.2, 0.25) is 0 Å². The summed E-state index contributed by atoms with van der Waals surface area (Å²) < 4.78 is 14.3. The van der Waals surface area contributed by atoms with Crippen molar-refractivity contribution in [1.82, 2.24) is 5.32 Å². The molecule has 1 rings (SSSR count). The van der Waals surface area contributed by atoms with E-state index in [2.05, 4.69) is 35.1 Å². The Bertz CT molecular complexity index is 310. The minimum atomic E-state index is -0.142. The number of benzene rings is 1. The minimum absolute atomic E-state index is 0.142. The molecule has 0 amide bonds. The molecule has 0 heterocycles. The van der Waals surface area contributed by atoms with Gasteiger partial charge in [0.25, 0.3) is 0 Å². The van der Waals surface area contributed by atoms with Gasteiger partial charge in [-0.3, -0.25) is 0 Å². The zero-order valence-electron chi connectivity index (χ0n) is 9.19. The summed E-state index contributed by atoms with van der Waals surface area (Å²) in [6.45, 7) is 4.87. The van der Waals surface area contributed by atoms with Gasteiger partial charge in [0.15, 0.2) is 0 Å². The molecule has 0 atom stereocenters. The molecule has 0 saturated carbocycles. The van der Waals surface area contributed by atoms with Crippen molar-refractivity contribution in [3.05, 3.63) is 34.1 Å². The van der Waals surface area contributed by atoms with E-state index in [4.69, 9.17) is 0 Å². The standard InChI is InChI=1S/C12H17BrFN/c1-3-11(4-2)15-8-9-7-10(13)5-6-12(9)14/h5-7,11,15H,3-4,8H2,1-2H3. The Hall–Kier alpha value is -0.410. The van der Waals surface area contributed by atoms with E-state index in [1.165, 1.54) is 6.07 Å². The van der Waals surface area contributed by atoms with E-state index >= 15 is 0 Å². The van der Waals surface area contributed by atoms with Crippen LogP contribution in [0.5, 0.6) is 0 Å². The van der Waals surface area contributed by atoms with Crippen LogP contribution in [0.25, 0.3) is 0 Å². The smallest absolute Gasteiger partial charge is 0.127 e. The summed E-state index contributed by atoms with van der Waals surface area (Å²) in [5.41, 5.74) is 0.719. The van der Waals surface area contributed by atoms with Gasteiger partial charge in [-0.15, -0.1) is 0 Å². The summed E-state index contributed by atoms with van der Waals surface area (Å²) in [6, 6.07) is 5.51. The van der Waals surface area contributed by atoms with Crippen LogP contribution >= 0.6 is 15.9 Å². The lowest BCUT2D eigenvalue weighted by Crippen LogP contribution is -2.27. The van der Waals surface area contributed by atoms with Crippen molar-refractivity contribution < 1.29 is 4.39 Å². The molecule has 0 saturated heterocycles. The van der Waals surface area contributed by atoms with Crippen molar-refractivity contribution in [3.8, 4) is 0 Å². The Balaban J connectivity index is 2.60. The monoisotopic (exact) mass is 273 g/mol. The number of hydrogen-bond acceptors (Lipinski definition) is 1. The molecule has 0 bridgehead atoms. The summed E-state index contributed by atoms with van der Waals surface area (Å²) in [4.78, 5) is 0. The molecular weight excluding hydrogens is 257 g/mol. The van der Waals surface area contributed by atoms with Crippen LogP contribution in [0.4, 0.5) is 4.39 Å². The summed E-state index contributed by atoms with van der Waals surface area (Å²) in [7, 11) is 0. The van der Waals surface area contributed by atoms with E-state index in [0.717, 1.165) is 22.9 Å². The molecule has 0 aromatic heterocycles.